The van der Waals surface area contributed by atoms with Crippen LogP contribution in [0.25, 0.3) is 0 Å². The van der Waals surface area contributed by atoms with Gasteiger partial charge < -0.3 is 10.1 Å². The molecule has 1 unspecified atom stereocenters. The minimum atomic E-state index is -3.53. The quantitative estimate of drug-likeness (QED) is 0.739. The molecule has 28 heavy (non-hydrogen) atoms. The highest BCUT2D eigenvalue weighted by molar-refractivity contribution is 7.89. The molecule has 156 valence electrons. The van der Waals surface area contributed by atoms with E-state index in [1.54, 1.807) is 18.2 Å². The van der Waals surface area contributed by atoms with Gasteiger partial charge in [0.2, 0.25) is 10.0 Å². The number of nitrogens with one attached hydrogen (secondary N) is 1. The maximum Gasteiger partial charge on any atom is 0.251 e. The first-order valence-electron chi connectivity index (χ1n) is 10.1. The largest absolute Gasteiger partial charge is 0.374 e. The van der Waals surface area contributed by atoms with Crippen LogP contribution in [0.15, 0.2) is 29.2 Å². The Morgan fingerprint density at radius 1 is 1.25 bits per heavy atom. The SMILES string of the molecule is CC(C)CN1CCOC(CNC(=O)c2cccc(S(=O)(=O)N3CCCC3)c2)C1. The van der Waals surface area contributed by atoms with Crippen molar-refractivity contribution in [2.75, 3.05) is 45.9 Å². The summed E-state index contributed by atoms with van der Waals surface area (Å²) in [6, 6.07) is 6.29. The highest BCUT2D eigenvalue weighted by Crippen LogP contribution is 2.21. The number of sulfonamides is 1. The van der Waals surface area contributed by atoms with Crippen LogP contribution in [0, 0.1) is 5.92 Å². The first-order chi connectivity index (χ1) is 13.4. The second kappa shape index (κ2) is 9.35. The number of rotatable bonds is 7. The van der Waals surface area contributed by atoms with Gasteiger partial charge in [0.15, 0.2) is 0 Å². The molecule has 1 aromatic carbocycles. The summed E-state index contributed by atoms with van der Waals surface area (Å²) in [4.78, 5) is 15.1. The van der Waals surface area contributed by atoms with Gasteiger partial charge in [-0.05, 0) is 37.0 Å². The Kier molecular flexibility index (Phi) is 7.09. The van der Waals surface area contributed by atoms with Gasteiger partial charge in [-0.25, -0.2) is 8.42 Å². The Morgan fingerprint density at radius 2 is 2.00 bits per heavy atom. The Balaban J connectivity index is 1.59. The predicted molar refractivity (Wildman–Crippen MR) is 108 cm³/mol. The Hall–Kier alpha value is -1.48. The highest BCUT2D eigenvalue weighted by atomic mass is 32.2. The fraction of sp³-hybridized carbons (Fsp3) is 0.650. The van der Waals surface area contributed by atoms with Gasteiger partial charge in [0.05, 0.1) is 17.6 Å². The van der Waals surface area contributed by atoms with Crippen molar-refractivity contribution in [3.63, 3.8) is 0 Å². The van der Waals surface area contributed by atoms with E-state index in [1.165, 1.54) is 10.4 Å². The molecular weight excluding hydrogens is 378 g/mol. The summed E-state index contributed by atoms with van der Waals surface area (Å²) in [6.07, 6.45) is 1.72. The molecule has 1 atom stereocenters. The van der Waals surface area contributed by atoms with E-state index in [1.807, 2.05) is 0 Å². The summed E-state index contributed by atoms with van der Waals surface area (Å²) in [6.45, 7) is 9.28. The number of benzene rings is 1. The molecule has 2 aliphatic heterocycles. The van der Waals surface area contributed by atoms with Gasteiger partial charge in [-0.15, -0.1) is 0 Å². The average molecular weight is 410 g/mol. The normalized spacial score (nSPS) is 21.9. The van der Waals surface area contributed by atoms with Crippen LogP contribution in [0.5, 0.6) is 0 Å². The molecule has 7 nitrogen and oxygen atoms in total. The Labute approximate surface area is 168 Å². The summed E-state index contributed by atoms with van der Waals surface area (Å²) in [5.74, 6) is 0.316. The van der Waals surface area contributed by atoms with Gasteiger partial charge in [0, 0.05) is 44.8 Å². The van der Waals surface area contributed by atoms with Crippen molar-refractivity contribution < 1.29 is 17.9 Å². The lowest BCUT2D eigenvalue weighted by atomic mass is 10.1. The summed E-state index contributed by atoms with van der Waals surface area (Å²) < 4.78 is 32.7. The number of carbonyl (C=O) groups is 1. The molecule has 0 spiro atoms. The molecule has 1 amide bonds. The van der Waals surface area contributed by atoms with E-state index < -0.39 is 10.0 Å². The first kappa shape index (κ1) is 21.2. The zero-order chi connectivity index (χ0) is 20.1. The van der Waals surface area contributed by atoms with Crippen LogP contribution in [0.1, 0.15) is 37.0 Å². The van der Waals surface area contributed by atoms with Crippen LogP contribution in [0.4, 0.5) is 0 Å². The van der Waals surface area contributed by atoms with Crippen molar-refractivity contribution in [2.24, 2.45) is 5.92 Å². The number of hydrogen-bond donors (Lipinski definition) is 1. The fourth-order valence-corrected chi connectivity index (χ4v) is 5.33. The molecule has 3 rings (SSSR count). The Morgan fingerprint density at radius 3 is 2.71 bits per heavy atom. The second-order valence-corrected chi connectivity index (χ2v) is 9.93. The molecule has 2 fully saturated rings. The summed E-state index contributed by atoms with van der Waals surface area (Å²) in [5, 5.41) is 2.89. The zero-order valence-corrected chi connectivity index (χ0v) is 17.6. The topological polar surface area (TPSA) is 79.0 Å². The molecule has 0 bridgehead atoms. The van der Waals surface area contributed by atoms with E-state index in [2.05, 4.69) is 24.1 Å². The zero-order valence-electron chi connectivity index (χ0n) is 16.8. The summed E-state index contributed by atoms with van der Waals surface area (Å²) in [5.41, 5.74) is 0.357. The molecular formula is C20H31N3O4S. The second-order valence-electron chi connectivity index (χ2n) is 8.00. The van der Waals surface area contributed by atoms with E-state index in [0.29, 0.717) is 37.7 Å². The molecule has 0 saturated carbocycles. The maximum atomic E-state index is 12.7. The van der Waals surface area contributed by atoms with E-state index in [4.69, 9.17) is 4.74 Å². The van der Waals surface area contributed by atoms with E-state index in [0.717, 1.165) is 32.5 Å². The monoisotopic (exact) mass is 409 g/mol. The average Bonchev–Trinajstić information content (AvgIpc) is 3.22. The number of nitrogens with zero attached hydrogens (tertiary/aromatic N) is 2. The smallest absolute Gasteiger partial charge is 0.251 e. The number of amides is 1. The van der Waals surface area contributed by atoms with Crippen LogP contribution in [-0.4, -0.2) is 75.5 Å². The Bertz CT molecular complexity index is 775. The van der Waals surface area contributed by atoms with Crippen molar-refractivity contribution in [1.29, 1.82) is 0 Å². The van der Waals surface area contributed by atoms with E-state index >= 15 is 0 Å². The molecule has 0 radical (unpaired) electrons. The van der Waals surface area contributed by atoms with Gasteiger partial charge in [-0.2, -0.15) is 4.31 Å². The lowest BCUT2D eigenvalue weighted by Gasteiger charge is -2.33. The van der Waals surface area contributed by atoms with Crippen LogP contribution >= 0.6 is 0 Å². The molecule has 2 saturated heterocycles. The standard InChI is InChI=1S/C20H31N3O4S/c1-16(2)14-22-10-11-27-18(15-22)13-21-20(24)17-6-5-7-19(12-17)28(25,26)23-8-3-4-9-23/h5-7,12,16,18H,3-4,8-11,13-15H2,1-2H3,(H,21,24). The number of morpholine rings is 1. The van der Waals surface area contributed by atoms with Crippen LogP contribution in [0.2, 0.25) is 0 Å². The fourth-order valence-electron chi connectivity index (χ4n) is 3.77. The van der Waals surface area contributed by atoms with Crippen molar-refractivity contribution in [1.82, 2.24) is 14.5 Å². The first-order valence-corrected chi connectivity index (χ1v) is 11.5. The number of hydrogen-bond acceptors (Lipinski definition) is 5. The lowest BCUT2D eigenvalue weighted by molar-refractivity contribution is -0.0295. The van der Waals surface area contributed by atoms with Crippen LogP contribution in [-0.2, 0) is 14.8 Å². The van der Waals surface area contributed by atoms with E-state index in [9.17, 15) is 13.2 Å². The maximum absolute atomic E-state index is 12.7. The number of carbonyl (C=O) groups excluding carboxylic acids is 1. The third-order valence-electron chi connectivity index (χ3n) is 5.14. The predicted octanol–water partition coefficient (Wildman–Crippen LogP) is 1.56. The molecule has 0 aromatic heterocycles. The van der Waals surface area contributed by atoms with Gasteiger partial charge in [0.25, 0.3) is 5.91 Å². The van der Waals surface area contributed by atoms with Gasteiger partial charge in [-0.3, -0.25) is 9.69 Å². The third kappa shape index (κ3) is 5.31. The number of ether oxygens (including phenoxy) is 1. The van der Waals surface area contributed by atoms with Crippen molar-refractivity contribution in [2.45, 2.75) is 37.7 Å². The molecule has 1 N–H and O–H groups in total. The minimum Gasteiger partial charge on any atom is -0.374 e. The van der Waals surface area contributed by atoms with Gasteiger partial charge in [0.1, 0.15) is 0 Å². The molecule has 1 aromatic rings. The molecule has 2 aliphatic rings. The van der Waals surface area contributed by atoms with Gasteiger partial charge in [-0.1, -0.05) is 19.9 Å². The molecule has 8 heteroatoms. The van der Waals surface area contributed by atoms with Crippen molar-refractivity contribution in [3.8, 4) is 0 Å². The van der Waals surface area contributed by atoms with Crippen molar-refractivity contribution in [3.05, 3.63) is 29.8 Å². The minimum absolute atomic E-state index is 0.0482. The van der Waals surface area contributed by atoms with E-state index in [-0.39, 0.29) is 16.9 Å². The van der Waals surface area contributed by atoms with Crippen molar-refractivity contribution >= 4 is 15.9 Å². The van der Waals surface area contributed by atoms with Crippen LogP contribution < -0.4 is 5.32 Å². The van der Waals surface area contributed by atoms with Gasteiger partial charge >= 0.3 is 0 Å². The molecule has 0 aliphatic carbocycles. The third-order valence-corrected chi connectivity index (χ3v) is 7.03. The molecule has 2 heterocycles. The van der Waals surface area contributed by atoms with Crippen LogP contribution in [0.3, 0.4) is 0 Å². The lowest BCUT2D eigenvalue weighted by Crippen LogP contribution is -2.48. The summed E-state index contributed by atoms with van der Waals surface area (Å²) in [7, 11) is -3.53. The highest BCUT2D eigenvalue weighted by Gasteiger charge is 2.28. The summed E-state index contributed by atoms with van der Waals surface area (Å²) >= 11 is 0.